The molecule has 0 saturated heterocycles. The van der Waals surface area contributed by atoms with E-state index in [4.69, 9.17) is 4.99 Å². The van der Waals surface area contributed by atoms with Crippen LogP contribution in [0.2, 0.25) is 0 Å². The van der Waals surface area contributed by atoms with Crippen molar-refractivity contribution in [3.63, 3.8) is 0 Å². The van der Waals surface area contributed by atoms with Crippen LogP contribution >= 0.6 is 0 Å². The highest BCUT2D eigenvalue weighted by Gasteiger charge is 2.16. The van der Waals surface area contributed by atoms with E-state index >= 15 is 0 Å². The molecular formula is C19H37N. The summed E-state index contributed by atoms with van der Waals surface area (Å²) in [7, 11) is 0. The minimum Gasteiger partial charge on any atom is -0.294 e. The van der Waals surface area contributed by atoms with Crippen LogP contribution < -0.4 is 0 Å². The fourth-order valence-corrected chi connectivity index (χ4v) is 2.54. The van der Waals surface area contributed by atoms with Gasteiger partial charge in [-0.25, -0.2) is 0 Å². The molecule has 0 radical (unpaired) electrons. The molecular weight excluding hydrogens is 242 g/mol. The second-order valence-corrected chi connectivity index (χ2v) is 7.25. The maximum absolute atomic E-state index is 4.86. The van der Waals surface area contributed by atoms with Gasteiger partial charge in [0.1, 0.15) is 0 Å². The van der Waals surface area contributed by atoms with E-state index < -0.39 is 0 Å². The third-order valence-electron chi connectivity index (χ3n) is 4.24. The molecule has 1 heteroatoms. The lowest BCUT2D eigenvalue weighted by atomic mass is 9.83. The summed E-state index contributed by atoms with van der Waals surface area (Å²) in [6, 6.07) is 0.462. The summed E-state index contributed by atoms with van der Waals surface area (Å²) in [4.78, 5) is 4.86. The van der Waals surface area contributed by atoms with Crippen LogP contribution in [0, 0.1) is 11.3 Å². The lowest BCUT2D eigenvalue weighted by molar-refractivity contribution is 0.311. The first kappa shape index (κ1) is 19.4. The fourth-order valence-electron chi connectivity index (χ4n) is 2.54. The van der Waals surface area contributed by atoms with Crippen molar-refractivity contribution >= 4 is 6.21 Å². The Morgan fingerprint density at radius 1 is 1.15 bits per heavy atom. The van der Waals surface area contributed by atoms with Crippen molar-refractivity contribution in [2.75, 3.05) is 0 Å². The summed E-state index contributed by atoms with van der Waals surface area (Å²) in [6.45, 7) is 15.9. The zero-order valence-electron chi connectivity index (χ0n) is 15.0. The SMILES string of the molecule is CCCC(C)(C)CCC=NC(CC=C(C)C)C(C)CC. The van der Waals surface area contributed by atoms with E-state index in [1.807, 2.05) is 0 Å². The maximum atomic E-state index is 4.86. The quantitative estimate of drug-likeness (QED) is 0.322. The van der Waals surface area contributed by atoms with Crippen LogP contribution in [-0.4, -0.2) is 12.3 Å². The van der Waals surface area contributed by atoms with Gasteiger partial charge in [-0.15, -0.1) is 0 Å². The first-order valence-corrected chi connectivity index (χ1v) is 8.47. The van der Waals surface area contributed by atoms with Gasteiger partial charge in [-0.1, -0.05) is 59.1 Å². The lowest BCUT2D eigenvalue weighted by Gasteiger charge is -2.23. The summed E-state index contributed by atoms with van der Waals surface area (Å²) >= 11 is 0. The van der Waals surface area contributed by atoms with Crippen LogP contribution in [0.3, 0.4) is 0 Å². The molecule has 0 aliphatic carbocycles. The topological polar surface area (TPSA) is 12.4 Å². The monoisotopic (exact) mass is 279 g/mol. The van der Waals surface area contributed by atoms with Crippen LogP contribution in [-0.2, 0) is 0 Å². The van der Waals surface area contributed by atoms with Crippen LogP contribution in [0.15, 0.2) is 16.6 Å². The van der Waals surface area contributed by atoms with Crippen LogP contribution in [0.4, 0.5) is 0 Å². The van der Waals surface area contributed by atoms with Gasteiger partial charge < -0.3 is 0 Å². The van der Waals surface area contributed by atoms with Crippen molar-refractivity contribution in [3.05, 3.63) is 11.6 Å². The summed E-state index contributed by atoms with van der Waals surface area (Å²) in [5, 5.41) is 0. The number of rotatable bonds is 10. The molecule has 0 aliphatic heterocycles. The van der Waals surface area contributed by atoms with Gasteiger partial charge in [-0.05, 0) is 57.1 Å². The van der Waals surface area contributed by atoms with Crippen molar-refractivity contribution < 1.29 is 0 Å². The number of allylic oxidation sites excluding steroid dienone is 1. The average molecular weight is 280 g/mol. The Morgan fingerprint density at radius 3 is 2.30 bits per heavy atom. The molecule has 0 N–H and O–H groups in total. The Hall–Kier alpha value is -0.590. The first-order valence-electron chi connectivity index (χ1n) is 8.47. The Kier molecular flexibility index (Phi) is 9.88. The molecule has 0 rings (SSSR count). The van der Waals surface area contributed by atoms with Gasteiger partial charge in [0.2, 0.25) is 0 Å². The third-order valence-corrected chi connectivity index (χ3v) is 4.24. The molecule has 0 spiro atoms. The highest BCUT2D eigenvalue weighted by Crippen LogP contribution is 2.27. The second kappa shape index (κ2) is 10.2. The number of hydrogen-bond donors (Lipinski definition) is 0. The lowest BCUT2D eigenvalue weighted by Crippen LogP contribution is -2.15. The van der Waals surface area contributed by atoms with Crippen LogP contribution in [0.25, 0.3) is 0 Å². The molecule has 2 atom stereocenters. The van der Waals surface area contributed by atoms with E-state index in [9.17, 15) is 0 Å². The molecule has 0 aromatic carbocycles. The zero-order valence-corrected chi connectivity index (χ0v) is 15.0. The van der Waals surface area contributed by atoms with Crippen molar-refractivity contribution in [2.24, 2.45) is 16.3 Å². The second-order valence-electron chi connectivity index (χ2n) is 7.25. The molecule has 0 aromatic rings. The van der Waals surface area contributed by atoms with Crippen LogP contribution in [0.1, 0.15) is 87.0 Å². The van der Waals surface area contributed by atoms with Gasteiger partial charge in [0, 0.05) is 0 Å². The first-order chi connectivity index (χ1) is 9.32. The standard InChI is InChI=1S/C19H37N/c1-8-13-19(6,7)14-10-15-20-18(17(5)9-2)12-11-16(3)4/h11,15,17-18H,8-10,12-14H2,1-7H3. The minimum atomic E-state index is 0.462. The smallest absolute Gasteiger partial charge is 0.0555 e. The van der Waals surface area contributed by atoms with Gasteiger partial charge in [0.15, 0.2) is 0 Å². The number of aliphatic imine (C=N–C) groups is 1. The van der Waals surface area contributed by atoms with E-state index in [0.29, 0.717) is 17.4 Å². The predicted molar refractivity (Wildman–Crippen MR) is 93.7 cm³/mol. The van der Waals surface area contributed by atoms with E-state index in [0.717, 1.165) is 12.8 Å². The Morgan fingerprint density at radius 2 is 1.80 bits per heavy atom. The Labute approximate surface area is 128 Å². The molecule has 20 heavy (non-hydrogen) atoms. The zero-order chi connectivity index (χ0) is 15.6. The Bertz CT molecular complexity index is 295. The average Bonchev–Trinajstić information content (AvgIpc) is 2.36. The molecule has 0 aliphatic rings. The van der Waals surface area contributed by atoms with E-state index in [1.54, 1.807) is 0 Å². The van der Waals surface area contributed by atoms with Crippen molar-refractivity contribution in [2.45, 2.75) is 93.0 Å². The highest BCUT2D eigenvalue weighted by molar-refractivity contribution is 5.57. The Balaban J connectivity index is 4.36. The highest BCUT2D eigenvalue weighted by atomic mass is 14.8. The van der Waals surface area contributed by atoms with Gasteiger partial charge in [0.25, 0.3) is 0 Å². The van der Waals surface area contributed by atoms with Gasteiger partial charge in [-0.3, -0.25) is 4.99 Å². The molecule has 1 nitrogen and oxygen atoms in total. The molecule has 0 aromatic heterocycles. The van der Waals surface area contributed by atoms with Gasteiger partial charge in [0.05, 0.1) is 6.04 Å². The molecule has 0 bridgehead atoms. The maximum Gasteiger partial charge on any atom is 0.0555 e. The largest absolute Gasteiger partial charge is 0.294 e. The fraction of sp³-hybridized carbons (Fsp3) is 0.842. The summed E-state index contributed by atoms with van der Waals surface area (Å²) in [6.07, 6.45) is 11.8. The number of nitrogens with zero attached hydrogens (tertiary/aromatic N) is 1. The molecule has 0 amide bonds. The van der Waals surface area contributed by atoms with Gasteiger partial charge in [-0.2, -0.15) is 0 Å². The molecule has 118 valence electrons. The van der Waals surface area contributed by atoms with Crippen LogP contribution in [0.5, 0.6) is 0 Å². The summed E-state index contributed by atoms with van der Waals surface area (Å²) in [5.74, 6) is 0.672. The summed E-state index contributed by atoms with van der Waals surface area (Å²) in [5.41, 5.74) is 1.87. The minimum absolute atomic E-state index is 0.462. The van der Waals surface area contributed by atoms with E-state index in [2.05, 4.69) is 60.8 Å². The van der Waals surface area contributed by atoms with Crippen molar-refractivity contribution in [1.29, 1.82) is 0 Å². The molecule has 0 fully saturated rings. The van der Waals surface area contributed by atoms with Crippen molar-refractivity contribution in [3.8, 4) is 0 Å². The van der Waals surface area contributed by atoms with E-state index in [-0.39, 0.29) is 0 Å². The molecule has 0 saturated carbocycles. The predicted octanol–water partition coefficient (Wildman–Crippen LogP) is 6.43. The normalized spacial score (nSPS) is 15.3. The molecule has 2 unspecified atom stereocenters. The molecule has 0 heterocycles. The van der Waals surface area contributed by atoms with Crippen molar-refractivity contribution in [1.82, 2.24) is 0 Å². The number of hydrogen-bond acceptors (Lipinski definition) is 1. The van der Waals surface area contributed by atoms with E-state index in [1.165, 1.54) is 31.3 Å². The van der Waals surface area contributed by atoms with Gasteiger partial charge >= 0.3 is 0 Å². The summed E-state index contributed by atoms with van der Waals surface area (Å²) < 4.78 is 0. The third kappa shape index (κ3) is 9.34.